The van der Waals surface area contributed by atoms with Crippen molar-refractivity contribution in [3.63, 3.8) is 0 Å². The molecule has 104 valence electrons. The van der Waals surface area contributed by atoms with Crippen LogP contribution in [0.1, 0.15) is 18.9 Å². The molecule has 5 nitrogen and oxygen atoms in total. The average Bonchev–Trinajstić information content (AvgIpc) is 2.49. The molecule has 1 unspecified atom stereocenters. The standard InChI is InChI=1S/C14H20N2O3/c1-10-14(17)16(6-3-7-18-2)9-11-8-12(15)4-5-13(11)19-10/h4-5,8,10H,3,6-7,9,15H2,1-2H3. The van der Waals surface area contributed by atoms with E-state index in [1.165, 1.54) is 0 Å². The van der Waals surface area contributed by atoms with E-state index < -0.39 is 6.10 Å². The normalized spacial score (nSPS) is 18.7. The fourth-order valence-electron chi connectivity index (χ4n) is 2.21. The third kappa shape index (κ3) is 3.17. The van der Waals surface area contributed by atoms with Crippen molar-refractivity contribution in [2.75, 3.05) is 26.0 Å². The molecule has 0 fully saturated rings. The Balaban J connectivity index is 2.18. The highest BCUT2D eigenvalue weighted by molar-refractivity contribution is 5.81. The van der Waals surface area contributed by atoms with Crippen LogP contribution in [0.5, 0.6) is 5.75 Å². The molecule has 1 aromatic rings. The van der Waals surface area contributed by atoms with Gasteiger partial charge in [0.25, 0.3) is 5.91 Å². The number of amides is 1. The third-order valence-electron chi connectivity index (χ3n) is 3.19. The molecule has 1 aliphatic rings. The van der Waals surface area contributed by atoms with Gasteiger partial charge in [-0.25, -0.2) is 0 Å². The van der Waals surface area contributed by atoms with Gasteiger partial charge in [-0.05, 0) is 31.5 Å². The zero-order chi connectivity index (χ0) is 13.8. The van der Waals surface area contributed by atoms with Crippen LogP contribution in [0.25, 0.3) is 0 Å². The molecule has 0 aromatic heterocycles. The number of benzene rings is 1. The smallest absolute Gasteiger partial charge is 0.263 e. The third-order valence-corrected chi connectivity index (χ3v) is 3.19. The summed E-state index contributed by atoms with van der Waals surface area (Å²) >= 11 is 0. The number of nitrogen functional groups attached to an aromatic ring is 1. The molecule has 0 saturated heterocycles. The predicted molar refractivity (Wildman–Crippen MR) is 72.9 cm³/mol. The van der Waals surface area contributed by atoms with Crippen LogP contribution in [0.2, 0.25) is 0 Å². The van der Waals surface area contributed by atoms with Crippen LogP contribution in [0.3, 0.4) is 0 Å². The second-order valence-electron chi connectivity index (χ2n) is 4.73. The molecule has 0 bridgehead atoms. The number of carbonyl (C=O) groups excluding carboxylic acids is 1. The van der Waals surface area contributed by atoms with Gasteiger partial charge < -0.3 is 20.1 Å². The Kier molecular flexibility index (Phi) is 4.27. The first-order chi connectivity index (χ1) is 9.11. The van der Waals surface area contributed by atoms with Gasteiger partial charge in [-0.1, -0.05) is 0 Å². The number of rotatable bonds is 4. The van der Waals surface area contributed by atoms with Crippen LogP contribution in [0.15, 0.2) is 18.2 Å². The van der Waals surface area contributed by atoms with E-state index in [1.54, 1.807) is 25.0 Å². The Morgan fingerprint density at radius 1 is 1.53 bits per heavy atom. The number of nitrogens with two attached hydrogens (primary N) is 1. The van der Waals surface area contributed by atoms with Crippen LogP contribution in [0.4, 0.5) is 5.69 Å². The molecule has 1 heterocycles. The van der Waals surface area contributed by atoms with Crippen LogP contribution in [-0.2, 0) is 16.1 Å². The van der Waals surface area contributed by atoms with Crippen LogP contribution in [0, 0.1) is 0 Å². The molecule has 1 aromatic carbocycles. The molecule has 19 heavy (non-hydrogen) atoms. The van der Waals surface area contributed by atoms with Crippen LogP contribution in [-0.4, -0.2) is 37.2 Å². The van der Waals surface area contributed by atoms with E-state index in [4.69, 9.17) is 15.2 Å². The Labute approximate surface area is 113 Å². The maximum absolute atomic E-state index is 12.2. The van der Waals surface area contributed by atoms with Crippen molar-refractivity contribution in [3.8, 4) is 5.75 Å². The molecule has 2 rings (SSSR count). The van der Waals surface area contributed by atoms with Gasteiger partial charge in [0.05, 0.1) is 0 Å². The van der Waals surface area contributed by atoms with E-state index in [0.29, 0.717) is 25.4 Å². The molecule has 0 aliphatic carbocycles. The van der Waals surface area contributed by atoms with Gasteiger partial charge in [0, 0.05) is 38.1 Å². The number of hydrogen-bond donors (Lipinski definition) is 1. The van der Waals surface area contributed by atoms with Crippen molar-refractivity contribution in [2.24, 2.45) is 0 Å². The molecule has 1 amide bonds. The van der Waals surface area contributed by atoms with Gasteiger partial charge >= 0.3 is 0 Å². The van der Waals surface area contributed by atoms with Gasteiger partial charge in [-0.2, -0.15) is 0 Å². The van der Waals surface area contributed by atoms with Crippen LogP contribution < -0.4 is 10.5 Å². The van der Waals surface area contributed by atoms with Crippen molar-refractivity contribution < 1.29 is 14.3 Å². The summed E-state index contributed by atoms with van der Waals surface area (Å²) in [5.41, 5.74) is 7.43. The zero-order valence-electron chi connectivity index (χ0n) is 11.4. The minimum absolute atomic E-state index is 0.00544. The number of hydrogen-bond acceptors (Lipinski definition) is 4. The van der Waals surface area contributed by atoms with Gasteiger partial charge in [0.2, 0.25) is 0 Å². The Bertz CT molecular complexity index is 462. The van der Waals surface area contributed by atoms with Gasteiger partial charge in [-0.15, -0.1) is 0 Å². The molecule has 0 saturated carbocycles. The lowest BCUT2D eigenvalue weighted by atomic mass is 10.1. The average molecular weight is 264 g/mol. The highest BCUT2D eigenvalue weighted by atomic mass is 16.5. The van der Waals surface area contributed by atoms with E-state index in [9.17, 15) is 4.79 Å². The topological polar surface area (TPSA) is 64.8 Å². The van der Waals surface area contributed by atoms with E-state index in [2.05, 4.69) is 0 Å². The highest BCUT2D eigenvalue weighted by Gasteiger charge is 2.27. The van der Waals surface area contributed by atoms with E-state index in [0.717, 1.165) is 17.7 Å². The number of fused-ring (bicyclic) bond motifs is 1. The summed E-state index contributed by atoms with van der Waals surface area (Å²) < 4.78 is 10.7. The monoisotopic (exact) mass is 264 g/mol. The minimum atomic E-state index is -0.465. The fourth-order valence-corrected chi connectivity index (χ4v) is 2.21. The van der Waals surface area contributed by atoms with E-state index >= 15 is 0 Å². The second kappa shape index (κ2) is 5.93. The second-order valence-corrected chi connectivity index (χ2v) is 4.73. The lowest BCUT2D eigenvalue weighted by Crippen LogP contribution is -2.38. The SMILES string of the molecule is COCCCN1Cc2cc(N)ccc2OC(C)C1=O. The molecular weight excluding hydrogens is 244 g/mol. The summed E-state index contributed by atoms with van der Waals surface area (Å²) in [6.07, 6.45) is 0.347. The Hall–Kier alpha value is -1.75. The first-order valence-corrected chi connectivity index (χ1v) is 6.44. The van der Waals surface area contributed by atoms with Crippen LogP contribution >= 0.6 is 0 Å². The zero-order valence-corrected chi connectivity index (χ0v) is 11.4. The molecule has 1 aliphatic heterocycles. The quantitative estimate of drug-likeness (QED) is 0.659. The van der Waals surface area contributed by atoms with Gasteiger partial charge in [-0.3, -0.25) is 4.79 Å². The van der Waals surface area contributed by atoms with Crippen molar-refractivity contribution >= 4 is 11.6 Å². The van der Waals surface area contributed by atoms with E-state index in [1.807, 2.05) is 12.1 Å². The molecule has 0 radical (unpaired) electrons. The van der Waals surface area contributed by atoms with Crippen molar-refractivity contribution in [2.45, 2.75) is 26.0 Å². The number of ether oxygens (including phenoxy) is 2. The predicted octanol–water partition coefficient (Wildman–Crippen LogP) is 1.41. The lowest BCUT2D eigenvalue weighted by molar-refractivity contribution is -0.137. The minimum Gasteiger partial charge on any atom is -0.481 e. The molecular formula is C14H20N2O3. The molecule has 2 N–H and O–H groups in total. The first-order valence-electron chi connectivity index (χ1n) is 6.44. The Morgan fingerprint density at radius 3 is 3.05 bits per heavy atom. The highest BCUT2D eigenvalue weighted by Crippen LogP contribution is 2.27. The first kappa shape index (κ1) is 13.7. The maximum Gasteiger partial charge on any atom is 0.263 e. The summed E-state index contributed by atoms with van der Waals surface area (Å²) in [6.45, 7) is 3.61. The largest absolute Gasteiger partial charge is 0.481 e. The van der Waals surface area contributed by atoms with Gasteiger partial charge in [0.1, 0.15) is 5.75 Å². The molecule has 5 heteroatoms. The maximum atomic E-state index is 12.2. The summed E-state index contributed by atoms with van der Waals surface area (Å²) in [5, 5.41) is 0. The summed E-state index contributed by atoms with van der Waals surface area (Å²) in [7, 11) is 1.66. The Morgan fingerprint density at radius 2 is 2.32 bits per heavy atom. The summed E-state index contributed by atoms with van der Waals surface area (Å²) in [6, 6.07) is 5.48. The summed E-state index contributed by atoms with van der Waals surface area (Å²) in [5.74, 6) is 0.746. The van der Waals surface area contributed by atoms with Crippen molar-refractivity contribution in [3.05, 3.63) is 23.8 Å². The lowest BCUT2D eigenvalue weighted by Gasteiger charge is -2.21. The van der Waals surface area contributed by atoms with Crippen molar-refractivity contribution in [1.82, 2.24) is 4.90 Å². The number of anilines is 1. The molecule has 1 atom stereocenters. The number of nitrogens with zero attached hydrogens (tertiary/aromatic N) is 1. The number of carbonyl (C=O) groups is 1. The number of methoxy groups -OCH3 is 1. The fraction of sp³-hybridized carbons (Fsp3) is 0.500. The molecule has 0 spiro atoms. The van der Waals surface area contributed by atoms with Crippen molar-refractivity contribution in [1.29, 1.82) is 0 Å². The van der Waals surface area contributed by atoms with Gasteiger partial charge in [0.15, 0.2) is 6.10 Å². The summed E-state index contributed by atoms with van der Waals surface area (Å²) in [4.78, 5) is 14.0. The van der Waals surface area contributed by atoms with E-state index in [-0.39, 0.29) is 5.91 Å².